The number of fused-ring (bicyclic) bond motifs is 1. The molecular weight excluding hydrogens is 434 g/mol. The van der Waals surface area contributed by atoms with Gasteiger partial charge in [-0.1, -0.05) is 49.6 Å². The third-order valence-electron chi connectivity index (χ3n) is 5.17. The summed E-state index contributed by atoms with van der Waals surface area (Å²) in [4.78, 5) is 44.4. The minimum atomic E-state index is -0.598. The van der Waals surface area contributed by atoms with Crippen LogP contribution >= 0.6 is 11.6 Å². The molecule has 2 N–H and O–H groups in total. The lowest BCUT2D eigenvalue weighted by Crippen LogP contribution is -2.41. The van der Waals surface area contributed by atoms with Crippen molar-refractivity contribution in [2.75, 3.05) is 13.2 Å². The predicted molar refractivity (Wildman–Crippen MR) is 123 cm³/mol. The largest absolute Gasteiger partial charge is 0.448 e. The highest BCUT2D eigenvalue weighted by molar-refractivity contribution is 6.28. The van der Waals surface area contributed by atoms with E-state index in [-0.39, 0.29) is 29.6 Å². The SMILES string of the molecule is CCCCCn1c(=O)n(CCOC(=O)NCCc2ccc(C)cc2)c(=O)c2[nH]c(Cl)nc21. The number of aromatic amines is 1. The van der Waals surface area contributed by atoms with Gasteiger partial charge in [0.2, 0.25) is 5.28 Å². The fourth-order valence-corrected chi connectivity index (χ4v) is 3.58. The second-order valence-electron chi connectivity index (χ2n) is 7.62. The van der Waals surface area contributed by atoms with Gasteiger partial charge in [0, 0.05) is 13.1 Å². The third-order valence-corrected chi connectivity index (χ3v) is 5.35. The first kappa shape index (κ1) is 23.6. The Labute approximate surface area is 190 Å². The Hall–Kier alpha value is -3.07. The van der Waals surface area contributed by atoms with Crippen LogP contribution in [0, 0.1) is 6.92 Å². The highest BCUT2D eigenvalue weighted by Gasteiger charge is 2.17. The first-order valence-corrected chi connectivity index (χ1v) is 11.1. The molecule has 3 rings (SSSR count). The molecule has 2 aromatic heterocycles. The zero-order valence-corrected chi connectivity index (χ0v) is 19.1. The van der Waals surface area contributed by atoms with Crippen molar-refractivity contribution in [1.29, 1.82) is 0 Å². The first-order chi connectivity index (χ1) is 15.4. The van der Waals surface area contributed by atoms with Crippen LogP contribution in [-0.2, 0) is 24.2 Å². The van der Waals surface area contributed by atoms with E-state index in [1.165, 1.54) is 10.1 Å². The molecule has 2 heterocycles. The molecule has 0 aliphatic carbocycles. The molecule has 0 saturated carbocycles. The quantitative estimate of drug-likeness (QED) is 0.356. The van der Waals surface area contributed by atoms with Crippen molar-refractivity contribution in [3.63, 3.8) is 0 Å². The minimum absolute atomic E-state index is 0.0442. The van der Waals surface area contributed by atoms with Crippen LogP contribution in [0.1, 0.15) is 37.3 Å². The lowest BCUT2D eigenvalue weighted by Gasteiger charge is -2.12. The van der Waals surface area contributed by atoms with E-state index < -0.39 is 17.3 Å². The molecule has 0 bridgehead atoms. The molecular formula is C22H28ClN5O4. The van der Waals surface area contributed by atoms with Gasteiger partial charge in [0.25, 0.3) is 5.56 Å². The summed E-state index contributed by atoms with van der Waals surface area (Å²) in [5, 5.41) is 2.72. The molecule has 1 amide bonds. The lowest BCUT2D eigenvalue weighted by molar-refractivity contribution is 0.141. The molecule has 172 valence electrons. The number of imidazole rings is 1. The zero-order valence-electron chi connectivity index (χ0n) is 18.3. The second kappa shape index (κ2) is 11.0. The molecule has 0 aliphatic heterocycles. The van der Waals surface area contributed by atoms with Crippen molar-refractivity contribution < 1.29 is 9.53 Å². The van der Waals surface area contributed by atoms with Gasteiger partial charge in [0.15, 0.2) is 11.2 Å². The third kappa shape index (κ3) is 5.79. The highest BCUT2D eigenvalue weighted by atomic mass is 35.5. The van der Waals surface area contributed by atoms with Crippen molar-refractivity contribution in [3.05, 3.63) is 61.5 Å². The minimum Gasteiger partial charge on any atom is -0.448 e. The van der Waals surface area contributed by atoms with Crippen LogP contribution in [-0.4, -0.2) is 38.3 Å². The Bertz CT molecular complexity index is 1180. The normalized spacial score (nSPS) is 11.1. The monoisotopic (exact) mass is 461 g/mol. The summed E-state index contributed by atoms with van der Waals surface area (Å²) < 4.78 is 7.64. The molecule has 0 radical (unpaired) electrons. The zero-order chi connectivity index (χ0) is 23.1. The fraction of sp³-hybridized carbons (Fsp3) is 0.455. The number of nitrogens with one attached hydrogen (secondary N) is 2. The lowest BCUT2D eigenvalue weighted by atomic mass is 10.1. The number of carbonyl (C=O) groups excluding carboxylic acids is 1. The Morgan fingerprint density at radius 1 is 1.16 bits per heavy atom. The van der Waals surface area contributed by atoms with Crippen molar-refractivity contribution in [2.24, 2.45) is 0 Å². The van der Waals surface area contributed by atoms with Crippen molar-refractivity contribution in [2.45, 2.75) is 52.6 Å². The van der Waals surface area contributed by atoms with E-state index in [4.69, 9.17) is 16.3 Å². The molecule has 9 nitrogen and oxygen atoms in total. The number of alkyl carbamates (subject to hydrolysis) is 1. The fourth-order valence-electron chi connectivity index (χ4n) is 3.40. The summed E-state index contributed by atoms with van der Waals surface area (Å²) in [6, 6.07) is 8.06. The second-order valence-corrected chi connectivity index (χ2v) is 7.98. The van der Waals surface area contributed by atoms with E-state index in [0.29, 0.717) is 19.5 Å². The van der Waals surface area contributed by atoms with E-state index in [2.05, 4.69) is 22.2 Å². The molecule has 10 heteroatoms. The van der Waals surface area contributed by atoms with Gasteiger partial charge in [-0.15, -0.1) is 0 Å². The van der Waals surface area contributed by atoms with Crippen molar-refractivity contribution in [1.82, 2.24) is 24.4 Å². The van der Waals surface area contributed by atoms with E-state index in [1.807, 2.05) is 31.2 Å². The van der Waals surface area contributed by atoms with Crippen LogP contribution in [0.3, 0.4) is 0 Å². The number of benzene rings is 1. The number of unbranched alkanes of at least 4 members (excludes halogenated alkanes) is 2. The number of nitrogens with zero attached hydrogens (tertiary/aromatic N) is 3. The smallest absolute Gasteiger partial charge is 0.407 e. The van der Waals surface area contributed by atoms with Crippen LogP contribution in [0.4, 0.5) is 4.79 Å². The first-order valence-electron chi connectivity index (χ1n) is 10.8. The number of hydrogen-bond donors (Lipinski definition) is 2. The maximum absolute atomic E-state index is 12.9. The van der Waals surface area contributed by atoms with Crippen LogP contribution in [0.15, 0.2) is 33.9 Å². The average molecular weight is 462 g/mol. The van der Waals surface area contributed by atoms with Gasteiger partial charge in [-0.3, -0.25) is 13.9 Å². The summed E-state index contributed by atoms with van der Waals surface area (Å²) >= 11 is 5.93. The topological polar surface area (TPSA) is 111 Å². The molecule has 0 spiro atoms. The van der Waals surface area contributed by atoms with E-state index in [1.54, 1.807) is 0 Å². The van der Waals surface area contributed by atoms with Crippen LogP contribution < -0.4 is 16.6 Å². The Kier molecular flexibility index (Phi) is 8.10. The van der Waals surface area contributed by atoms with Gasteiger partial charge in [0.05, 0.1) is 6.54 Å². The van der Waals surface area contributed by atoms with Crippen LogP contribution in [0.2, 0.25) is 5.28 Å². The Morgan fingerprint density at radius 2 is 1.91 bits per heavy atom. The summed E-state index contributed by atoms with van der Waals surface area (Å²) in [6.07, 6.45) is 2.78. The Morgan fingerprint density at radius 3 is 2.62 bits per heavy atom. The van der Waals surface area contributed by atoms with Crippen molar-refractivity contribution >= 4 is 28.9 Å². The number of carbonyl (C=O) groups is 1. The molecule has 0 saturated heterocycles. The number of H-pyrrole nitrogens is 1. The predicted octanol–water partition coefficient (Wildman–Crippen LogP) is 3.01. The number of hydrogen-bond acceptors (Lipinski definition) is 5. The number of aryl methyl sites for hydroxylation is 2. The summed E-state index contributed by atoms with van der Waals surface area (Å²) in [7, 11) is 0. The molecule has 0 unspecified atom stereocenters. The van der Waals surface area contributed by atoms with E-state index >= 15 is 0 Å². The summed E-state index contributed by atoms with van der Waals surface area (Å²) in [5.41, 5.74) is 1.65. The highest BCUT2D eigenvalue weighted by Crippen LogP contribution is 2.10. The standard InChI is InChI=1S/C22H28ClN5O4/c1-3-4-5-12-27-18-17(25-20(23)26-18)19(29)28(22(27)31)13-14-32-21(30)24-11-10-16-8-6-15(2)7-9-16/h6-9H,3-5,10-14H2,1-2H3,(H,24,30)(H,25,26). The van der Waals surface area contributed by atoms with E-state index in [9.17, 15) is 14.4 Å². The summed E-state index contributed by atoms with van der Waals surface area (Å²) in [5.74, 6) is 0. The van der Waals surface area contributed by atoms with Gasteiger partial charge in [-0.05, 0) is 36.9 Å². The average Bonchev–Trinajstić information content (AvgIpc) is 3.16. The van der Waals surface area contributed by atoms with Gasteiger partial charge in [-0.25, -0.2) is 9.59 Å². The van der Waals surface area contributed by atoms with E-state index in [0.717, 1.165) is 29.4 Å². The number of aromatic nitrogens is 4. The van der Waals surface area contributed by atoms with Gasteiger partial charge >= 0.3 is 11.8 Å². The molecule has 32 heavy (non-hydrogen) atoms. The molecule has 0 aliphatic rings. The number of rotatable bonds is 10. The molecule has 3 aromatic rings. The maximum atomic E-state index is 12.9. The molecule has 0 fully saturated rings. The van der Waals surface area contributed by atoms with Crippen LogP contribution in [0.5, 0.6) is 0 Å². The number of ether oxygens (including phenoxy) is 1. The Balaban J connectivity index is 1.61. The number of amides is 1. The molecule has 0 atom stereocenters. The number of halogens is 1. The van der Waals surface area contributed by atoms with Crippen LogP contribution in [0.25, 0.3) is 11.2 Å². The summed E-state index contributed by atoms with van der Waals surface area (Å²) in [6.45, 7) is 4.74. The van der Waals surface area contributed by atoms with Gasteiger partial charge < -0.3 is 15.0 Å². The molecule has 1 aromatic carbocycles. The maximum Gasteiger partial charge on any atom is 0.407 e. The van der Waals surface area contributed by atoms with Gasteiger partial charge in [0.1, 0.15) is 6.61 Å². The van der Waals surface area contributed by atoms with Gasteiger partial charge in [-0.2, -0.15) is 4.98 Å². The van der Waals surface area contributed by atoms with Crippen molar-refractivity contribution in [3.8, 4) is 0 Å².